The molecule has 4 atom stereocenters. The first-order valence-corrected chi connectivity index (χ1v) is 19.9. The van der Waals surface area contributed by atoms with Gasteiger partial charge in [-0.3, -0.25) is 9.13 Å². The van der Waals surface area contributed by atoms with Gasteiger partial charge in [0.05, 0.1) is 24.4 Å². The number of epoxide rings is 2. The molecule has 204 valence electrons. The van der Waals surface area contributed by atoms with Crippen LogP contribution in [0.15, 0.2) is 0 Å². The monoisotopic (exact) mass is 548 g/mol. The van der Waals surface area contributed by atoms with Gasteiger partial charge in [0.1, 0.15) is 0 Å². The summed E-state index contributed by atoms with van der Waals surface area (Å²) < 4.78 is 21.2. The Kier molecular flexibility index (Phi) is 6.03. The topological polar surface area (TPSA) is 125 Å². The lowest BCUT2D eigenvalue weighted by Crippen LogP contribution is -2.44. The first kappa shape index (κ1) is 25.4. The molecule has 0 spiro atoms. The van der Waals surface area contributed by atoms with E-state index < -0.39 is 16.6 Å². The van der Waals surface area contributed by atoms with Crippen LogP contribution in [-0.4, -0.2) is 70.6 Å². The third-order valence-electron chi connectivity index (χ3n) is 8.70. The van der Waals surface area contributed by atoms with Crippen LogP contribution in [0.4, 0.5) is 0 Å². The van der Waals surface area contributed by atoms with E-state index in [0.717, 1.165) is 47.2 Å². The van der Waals surface area contributed by atoms with Gasteiger partial charge in [0.25, 0.3) is 0 Å². The van der Waals surface area contributed by atoms with Crippen LogP contribution in [0, 0.1) is 0 Å². The Labute approximate surface area is 219 Å². The Morgan fingerprint density at radius 2 is 0.919 bits per heavy atom. The minimum absolute atomic E-state index is 0.194. The van der Waals surface area contributed by atoms with E-state index in [9.17, 15) is 20.4 Å². The Balaban J connectivity index is 1.00. The second-order valence-electron chi connectivity index (χ2n) is 12.6. The highest BCUT2D eigenvalue weighted by molar-refractivity contribution is 6.84. The lowest BCUT2D eigenvalue weighted by atomic mass is 9.95. The first-order valence-electron chi connectivity index (χ1n) is 13.7. The fourth-order valence-corrected chi connectivity index (χ4v) is 15.5. The van der Waals surface area contributed by atoms with Crippen molar-refractivity contribution in [2.24, 2.45) is 0 Å². The van der Waals surface area contributed by atoms with Crippen LogP contribution in [0.25, 0.3) is 0 Å². The van der Waals surface area contributed by atoms with Gasteiger partial charge < -0.3 is 34.0 Å². The minimum Gasteiger partial charge on any atom is -0.494 e. The largest absolute Gasteiger partial charge is 0.494 e. The van der Waals surface area contributed by atoms with Crippen molar-refractivity contribution in [2.45, 2.75) is 114 Å². The summed E-state index contributed by atoms with van der Waals surface area (Å²) in [6, 6.07) is 1.88. The number of fused-ring (bicyclic) bond motifs is 4. The molecule has 4 unspecified atom stereocenters. The van der Waals surface area contributed by atoms with E-state index in [1.54, 1.807) is 9.13 Å². The molecule has 4 heterocycles. The molecule has 9 nitrogen and oxygen atoms in total. The van der Waals surface area contributed by atoms with Gasteiger partial charge in [-0.1, -0.05) is 0 Å². The highest BCUT2D eigenvalue weighted by atomic mass is 28.4. The quantitative estimate of drug-likeness (QED) is 0.263. The average Bonchev–Trinajstić information content (AvgIpc) is 3.72. The number of rotatable bonds is 10. The summed E-state index contributed by atoms with van der Waals surface area (Å²) in [5.74, 6) is 0.775. The molecule has 0 saturated carbocycles. The van der Waals surface area contributed by atoms with Gasteiger partial charge in [-0.05, 0) is 51.1 Å². The molecule has 37 heavy (non-hydrogen) atoms. The molecular formula is C26H40N2O7Si2. The lowest BCUT2D eigenvalue weighted by Gasteiger charge is -2.34. The third kappa shape index (κ3) is 4.73. The summed E-state index contributed by atoms with van der Waals surface area (Å²) in [5.41, 5.74) is 3.40. The van der Waals surface area contributed by atoms with Crippen molar-refractivity contribution in [2.75, 3.05) is 0 Å². The zero-order chi connectivity index (χ0) is 26.3. The zero-order valence-electron chi connectivity index (χ0n) is 22.3. The van der Waals surface area contributed by atoms with Gasteiger partial charge in [0.15, 0.2) is 40.2 Å². The van der Waals surface area contributed by atoms with Crippen LogP contribution < -0.4 is 0 Å². The normalized spacial score (nSPS) is 25.8. The van der Waals surface area contributed by atoms with Crippen LogP contribution in [0.3, 0.4) is 0 Å². The van der Waals surface area contributed by atoms with Crippen molar-refractivity contribution in [1.29, 1.82) is 0 Å². The standard InChI is InChI=1S/C26H40N2O7Si2/c1-36(2,9-5-7-27-23(29)15-11-19-20(33-19)12-16(15)24(27)30)35-37(3,4)10-6-8-28-25(31)17-13-21-22(34-21)14-18(17)26(28)32/h19-22,29-32H,5-14H2,1-4H3. The van der Waals surface area contributed by atoms with Gasteiger partial charge in [0.2, 0.25) is 0 Å². The maximum Gasteiger partial charge on any atom is 0.197 e. The second-order valence-corrected chi connectivity index (χ2v) is 21.4. The fourth-order valence-electron chi connectivity index (χ4n) is 6.73. The number of nitrogens with zero attached hydrogens (tertiary/aromatic N) is 2. The molecule has 2 saturated heterocycles. The van der Waals surface area contributed by atoms with E-state index in [1.165, 1.54) is 0 Å². The van der Waals surface area contributed by atoms with Crippen molar-refractivity contribution in [3.63, 3.8) is 0 Å². The summed E-state index contributed by atoms with van der Waals surface area (Å²) in [4.78, 5) is 0. The van der Waals surface area contributed by atoms with Gasteiger partial charge in [-0.2, -0.15) is 0 Å². The van der Waals surface area contributed by atoms with Gasteiger partial charge in [-0.25, -0.2) is 0 Å². The number of aromatic hydroxyl groups is 4. The fraction of sp³-hybridized carbons (Fsp3) is 0.692. The molecule has 0 radical (unpaired) electrons. The smallest absolute Gasteiger partial charge is 0.197 e. The van der Waals surface area contributed by atoms with E-state index in [1.807, 2.05) is 0 Å². The molecule has 0 amide bonds. The molecule has 4 N–H and O–H groups in total. The minimum atomic E-state index is -1.96. The van der Waals surface area contributed by atoms with Crippen LogP contribution >= 0.6 is 0 Å². The molecule has 6 rings (SSSR count). The highest BCUT2D eigenvalue weighted by Crippen LogP contribution is 2.46. The molecule has 2 aromatic heterocycles. The number of ether oxygens (including phenoxy) is 2. The van der Waals surface area contributed by atoms with Crippen LogP contribution in [0.5, 0.6) is 23.5 Å². The summed E-state index contributed by atoms with van der Waals surface area (Å²) in [7, 11) is -3.92. The van der Waals surface area contributed by atoms with Crippen molar-refractivity contribution in [3.8, 4) is 23.5 Å². The zero-order valence-corrected chi connectivity index (χ0v) is 24.3. The van der Waals surface area contributed by atoms with E-state index >= 15 is 0 Å². The molecule has 0 aromatic carbocycles. The maximum absolute atomic E-state index is 10.7. The summed E-state index contributed by atoms with van der Waals surface area (Å²) >= 11 is 0. The van der Waals surface area contributed by atoms with Gasteiger partial charge >= 0.3 is 0 Å². The number of hydrogen-bond donors (Lipinski definition) is 4. The van der Waals surface area contributed by atoms with Gasteiger partial charge in [-0.15, -0.1) is 0 Å². The van der Waals surface area contributed by atoms with E-state index in [-0.39, 0.29) is 47.9 Å². The highest BCUT2D eigenvalue weighted by Gasteiger charge is 2.47. The van der Waals surface area contributed by atoms with E-state index in [0.29, 0.717) is 38.8 Å². The summed E-state index contributed by atoms with van der Waals surface area (Å²) in [5, 5.41) is 42.8. The summed E-state index contributed by atoms with van der Waals surface area (Å²) in [6.45, 7) is 10.1. The predicted octanol–water partition coefficient (Wildman–Crippen LogP) is 3.75. The second kappa shape index (κ2) is 8.80. The first-order chi connectivity index (χ1) is 17.4. The Bertz CT molecular complexity index is 1060. The summed E-state index contributed by atoms with van der Waals surface area (Å²) in [6.07, 6.45) is 5.24. The van der Waals surface area contributed by atoms with Crippen molar-refractivity contribution in [1.82, 2.24) is 9.13 Å². The van der Waals surface area contributed by atoms with Crippen LogP contribution in [0.2, 0.25) is 38.3 Å². The molecule has 2 fully saturated rings. The van der Waals surface area contributed by atoms with Gasteiger partial charge in [0, 0.05) is 61.0 Å². The molecule has 2 aromatic rings. The molecule has 2 aliphatic carbocycles. The molecule has 2 aliphatic heterocycles. The molecular weight excluding hydrogens is 508 g/mol. The molecule has 0 bridgehead atoms. The van der Waals surface area contributed by atoms with Crippen molar-refractivity contribution < 1.29 is 34.0 Å². The Morgan fingerprint density at radius 3 is 1.22 bits per heavy atom. The van der Waals surface area contributed by atoms with Crippen LogP contribution in [0.1, 0.15) is 35.1 Å². The maximum atomic E-state index is 10.7. The van der Waals surface area contributed by atoms with Crippen molar-refractivity contribution >= 4 is 16.6 Å². The molecule has 4 aliphatic rings. The Morgan fingerprint density at radius 1 is 0.622 bits per heavy atom. The lowest BCUT2D eigenvalue weighted by molar-refractivity contribution is 0.350. The average molecular weight is 549 g/mol. The Hall–Kier alpha value is -1.93. The van der Waals surface area contributed by atoms with E-state index in [4.69, 9.17) is 13.6 Å². The van der Waals surface area contributed by atoms with Crippen LogP contribution in [-0.2, 0) is 52.4 Å². The van der Waals surface area contributed by atoms with E-state index in [2.05, 4.69) is 26.2 Å². The molecule has 11 heteroatoms. The predicted molar refractivity (Wildman–Crippen MR) is 143 cm³/mol. The number of aromatic nitrogens is 2. The third-order valence-corrected chi connectivity index (χ3v) is 16.2. The SMILES string of the molecule is C[Si](C)(CCCn1c(O)c2c(c1O)CC1OC1C2)O[Si](C)(C)CCCn1c(O)c2c(c1O)CC1OC1C2. The number of hydrogen-bond acceptors (Lipinski definition) is 7. The van der Waals surface area contributed by atoms with Crippen molar-refractivity contribution in [3.05, 3.63) is 22.3 Å².